The lowest BCUT2D eigenvalue weighted by Gasteiger charge is -2.34. The Bertz CT molecular complexity index is 458. The molecule has 2 saturated heterocycles. The van der Waals surface area contributed by atoms with Crippen LogP contribution in [0.1, 0.15) is 25.7 Å². The first-order valence-corrected chi connectivity index (χ1v) is 8.63. The summed E-state index contributed by atoms with van der Waals surface area (Å²) in [5.41, 5.74) is 0. The highest BCUT2D eigenvalue weighted by Crippen LogP contribution is 2.33. The summed E-state index contributed by atoms with van der Waals surface area (Å²) in [7, 11) is 0. The molecule has 0 bridgehead atoms. The highest BCUT2D eigenvalue weighted by Gasteiger charge is 2.40. The number of hydrogen-bond donors (Lipinski definition) is 1. The number of piperidine rings is 1. The molecule has 7 heteroatoms. The molecule has 0 aromatic heterocycles. The Morgan fingerprint density at radius 3 is 2.14 bits per heavy atom. The molecule has 3 rings (SSSR count). The van der Waals surface area contributed by atoms with Gasteiger partial charge in [0.1, 0.15) is 6.04 Å². The largest absolute Gasteiger partial charge is 0.480 e. The molecule has 0 radical (unpaired) electrons. The van der Waals surface area contributed by atoms with Crippen LogP contribution in [0.4, 0.5) is 0 Å². The van der Waals surface area contributed by atoms with Gasteiger partial charge in [-0.3, -0.25) is 9.59 Å². The second kappa shape index (κ2) is 5.87. The smallest absolute Gasteiger partial charge is 0.327 e. The lowest BCUT2D eigenvalue weighted by atomic mass is 9.94. The van der Waals surface area contributed by atoms with Crippen molar-refractivity contribution in [3.63, 3.8) is 0 Å². The first-order valence-electron chi connectivity index (χ1n) is 7.47. The minimum Gasteiger partial charge on any atom is -0.480 e. The van der Waals surface area contributed by atoms with Crippen LogP contribution in [0.5, 0.6) is 0 Å². The Balaban J connectivity index is 1.55. The van der Waals surface area contributed by atoms with Crippen molar-refractivity contribution in [1.82, 2.24) is 9.80 Å². The van der Waals surface area contributed by atoms with Crippen molar-refractivity contribution in [1.29, 1.82) is 0 Å². The summed E-state index contributed by atoms with van der Waals surface area (Å²) in [6, 6.07) is -0.686. The van der Waals surface area contributed by atoms with Gasteiger partial charge in [-0.25, -0.2) is 4.79 Å². The zero-order valence-electron chi connectivity index (χ0n) is 11.9. The topological polar surface area (TPSA) is 77.9 Å². The molecule has 1 atom stereocenters. The van der Waals surface area contributed by atoms with Crippen LogP contribution in [0.3, 0.4) is 0 Å². The van der Waals surface area contributed by atoms with E-state index in [1.165, 1.54) is 16.7 Å². The normalized spacial score (nSPS) is 27.0. The Hall–Kier alpha value is -1.24. The molecule has 0 aromatic rings. The maximum absolute atomic E-state index is 12.5. The van der Waals surface area contributed by atoms with Crippen molar-refractivity contribution in [2.75, 3.05) is 24.7 Å². The Labute approximate surface area is 127 Å². The van der Waals surface area contributed by atoms with Gasteiger partial charge in [0.25, 0.3) is 0 Å². The van der Waals surface area contributed by atoms with Crippen LogP contribution in [0.25, 0.3) is 0 Å². The van der Waals surface area contributed by atoms with Crippen LogP contribution >= 0.6 is 11.8 Å². The number of amides is 2. The van der Waals surface area contributed by atoms with E-state index in [0.29, 0.717) is 37.6 Å². The van der Waals surface area contributed by atoms with E-state index in [4.69, 9.17) is 5.11 Å². The van der Waals surface area contributed by atoms with E-state index < -0.39 is 12.0 Å². The van der Waals surface area contributed by atoms with E-state index in [1.54, 1.807) is 0 Å². The molecule has 2 aliphatic heterocycles. The Kier molecular flexibility index (Phi) is 4.10. The number of carbonyl (C=O) groups is 3. The molecule has 0 aromatic carbocycles. The fourth-order valence-corrected chi connectivity index (χ4v) is 4.19. The molecule has 1 aliphatic carbocycles. The molecule has 6 nitrogen and oxygen atoms in total. The molecule has 116 valence electrons. The summed E-state index contributed by atoms with van der Waals surface area (Å²) in [6.07, 6.45) is 3.32. The van der Waals surface area contributed by atoms with E-state index in [2.05, 4.69) is 0 Å². The monoisotopic (exact) mass is 312 g/mol. The molecule has 2 heterocycles. The van der Waals surface area contributed by atoms with Gasteiger partial charge in [0.2, 0.25) is 11.8 Å². The number of carboxylic acid groups (broad SMARTS) is 1. The van der Waals surface area contributed by atoms with Crippen LogP contribution in [0.15, 0.2) is 0 Å². The van der Waals surface area contributed by atoms with Crippen LogP contribution in [-0.4, -0.2) is 63.5 Å². The van der Waals surface area contributed by atoms with Crippen molar-refractivity contribution in [2.24, 2.45) is 11.8 Å². The molecule has 1 saturated carbocycles. The fraction of sp³-hybridized carbons (Fsp3) is 0.786. The second-order valence-electron chi connectivity index (χ2n) is 6.04. The van der Waals surface area contributed by atoms with Gasteiger partial charge in [0, 0.05) is 30.7 Å². The molecular formula is C14H20N2O4S. The van der Waals surface area contributed by atoms with E-state index in [-0.39, 0.29) is 23.7 Å². The number of nitrogens with zero attached hydrogens (tertiary/aromatic N) is 2. The van der Waals surface area contributed by atoms with Gasteiger partial charge in [-0.1, -0.05) is 0 Å². The van der Waals surface area contributed by atoms with Crippen molar-refractivity contribution in [3.05, 3.63) is 0 Å². The average Bonchev–Trinajstić information content (AvgIpc) is 3.22. The standard InChI is InChI=1S/C14H20N2O4S/c17-12(9-1-2-9)15-5-3-10(4-6-15)13(18)16-8-21-7-11(16)14(19)20/h9-11H,1-8H2,(H,19,20). The Morgan fingerprint density at radius 1 is 0.952 bits per heavy atom. The molecule has 1 unspecified atom stereocenters. The van der Waals surface area contributed by atoms with Gasteiger partial charge in [-0.05, 0) is 25.7 Å². The first kappa shape index (κ1) is 14.7. The lowest BCUT2D eigenvalue weighted by Crippen LogP contribution is -2.48. The SMILES string of the molecule is O=C(O)C1CSCN1C(=O)C1CCN(C(=O)C2CC2)CC1. The number of carboxylic acids is 1. The van der Waals surface area contributed by atoms with E-state index in [9.17, 15) is 14.4 Å². The number of thioether (sulfide) groups is 1. The van der Waals surface area contributed by atoms with Gasteiger partial charge in [0.05, 0.1) is 5.88 Å². The van der Waals surface area contributed by atoms with Gasteiger partial charge in [0.15, 0.2) is 0 Å². The molecule has 21 heavy (non-hydrogen) atoms. The third kappa shape index (κ3) is 3.02. The zero-order valence-corrected chi connectivity index (χ0v) is 12.7. The van der Waals surface area contributed by atoms with E-state index in [1.807, 2.05) is 4.90 Å². The number of hydrogen-bond acceptors (Lipinski definition) is 4. The van der Waals surface area contributed by atoms with Crippen LogP contribution in [0, 0.1) is 11.8 Å². The lowest BCUT2D eigenvalue weighted by molar-refractivity contribution is -0.150. The predicted molar refractivity (Wildman–Crippen MR) is 77.6 cm³/mol. The summed E-state index contributed by atoms with van der Waals surface area (Å²) >= 11 is 1.49. The minimum atomic E-state index is -0.922. The molecule has 2 amide bonds. The van der Waals surface area contributed by atoms with Crippen molar-refractivity contribution < 1.29 is 19.5 Å². The molecule has 3 aliphatic rings. The van der Waals surface area contributed by atoms with Crippen LogP contribution in [0.2, 0.25) is 0 Å². The summed E-state index contributed by atoms with van der Waals surface area (Å²) in [6.45, 7) is 1.26. The molecular weight excluding hydrogens is 292 g/mol. The highest BCUT2D eigenvalue weighted by molar-refractivity contribution is 7.99. The van der Waals surface area contributed by atoms with Crippen molar-refractivity contribution in [3.8, 4) is 0 Å². The number of aliphatic carboxylic acids is 1. The predicted octanol–water partition coefficient (Wildman–Crippen LogP) is 0.621. The summed E-state index contributed by atoms with van der Waals surface area (Å²) in [5, 5.41) is 9.15. The summed E-state index contributed by atoms with van der Waals surface area (Å²) in [5.74, 6) is 0.302. The zero-order chi connectivity index (χ0) is 15.0. The van der Waals surface area contributed by atoms with Crippen molar-refractivity contribution >= 4 is 29.5 Å². The molecule has 0 spiro atoms. The molecule has 3 fully saturated rings. The summed E-state index contributed by atoms with van der Waals surface area (Å²) in [4.78, 5) is 39.0. The number of likely N-dealkylation sites (tertiary alicyclic amines) is 1. The number of rotatable bonds is 3. The maximum Gasteiger partial charge on any atom is 0.327 e. The van der Waals surface area contributed by atoms with Crippen LogP contribution < -0.4 is 0 Å². The highest BCUT2D eigenvalue weighted by atomic mass is 32.2. The van der Waals surface area contributed by atoms with Gasteiger partial charge < -0.3 is 14.9 Å². The summed E-state index contributed by atoms with van der Waals surface area (Å²) < 4.78 is 0. The van der Waals surface area contributed by atoms with E-state index >= 15 is 0 Å². The Morgan fingerprint density at radius 2 is 1.57 bits per heavy atom. The fourth-order valence-electron chi connectivity index (χ4n) is 3.03. The van der Waals surface area contributed by atoms with E-state index in [0.717, 1.165) is 12.8 Å². The average molecular weight is 312 g/mol. The first-order chi connectivity index (χ1) is 10.1. The maximum atomic E-state index is 12.5. The third-order valence-electron chi connectivity index (χ3n) is 4.53. The van der Waals surface area contributed by atoms with Crippen molar-refractivity contribution in [2.45, 2.75) is 31.7 Å². The quantitative estimate of drug-likeness (QED) is 0.826. The van der Waals surface area contributed by atoms with Gasteiger partial charge >= 0.3 is 5.97 Å². The minimum absolute atomic E-state index is 0.0501. The van der Waals surface area contributed by atoms with Crippen LogP contribution in [-0.2, 0) is 14.4 Å². The molecule has 1 N–H and O–H groups in total. The van der Waals surface area contributed by atoms with Gasteiger partial charge in [-0.15, -0.1) is 11.8 Å². The second-order valence-corrected chi connectivity index (χ2v) is 7.04. The third-order valence-corrected chi connectivity index (χ3v) is 5.55. The van der Waals surface area contributed by atoms with Gasteiger partial charge in [-0.2, -0.15) is 0 Å². The number of carbonyl (C=O) groups excluding carboxylic acids is 2.